The van der Waals surface area contributed by atoms with E-state index in [-0.39, 0.29) is 0 Å². The number of pyridine rings is 1. The van der Waals surface area contributed by atoms with Gasteiger partial charge in [0.25, 0.3) is 0 Å². The van der Waals surface area contributed by atoms with Crippen molar-refractivity contribution in [3.05, 3.63) is 24.4 Å². The molecule has 4 nitrogen and oxygen atoms in total. The molecule has 1 unspecified atom stereocenters. The lowest BCUT2D eigenvalue weighted by Gasteiger charge is -2.16. The highest BCUT2D eigenvalue weighted by molar-refractivity contribution is 7.93. The molecular weight excluding hydrogens is 174 g/mol. The summed E-state index contributed by atoms with van der Waals surface area (Å²) in [7, 11) is -1.09. The van der Waals surface area contributed by atoms with Crippen molar-refractivity contribution in [2.75, 3.05) is 17.6 Å². The summed E-state index contributed by atoms with van der Waals surface area (Å²) in [4.78, 5) is 3.97. The molecule has 1 aromatic heterocycles. The lowest BCUT2D eigenvalue weighted by molar-refractivity contribution is 0.677. The third-order valence-electron chi connectivity index (χ3n) is 1.49. The Kier molecular flexibility index (Phi) is 2.32. The Bertz CT molecular complexity index is 346. The van der Waals surface area contributed by atoms with E-state index in [0.717, 1.165) is 0 Å². The van der Waals surface area contributed by atoms with Crippen LogP contribution >= 0.6 is 0 Å². The number of anilines is 1. The van der Waals surface area contributed by atoms with E-state index in [9.17, 15) is 4.21 Å². The quantitative estimate of drug-likeness (QED) is 0.750. The van der Waals surface area contributed by atoms with E-state index in [1.54, 1.807) is 31.4 Å². The summed E-state index contributed by atoms with van der Waals surface area (Å²) in [5.41, 5.74) is 0. The second-order valence-corrected chi connectivity index (χ2v) is 4.64. The Morgan fingerprint density at radius 3 is 2.67 bits per heavy atom. The zero-order valence-electron chi connectivity index (χ0n) is 7.02. The van der Waals surface area contributed by atoms with Crippen LogP contribution in [0, 0.1) is 4.78 Å². The molecule has 5 heteroatoms. The Labute approximate surface area is 72.3 Å². The van der Waals surface area contributed by atoms with Crippen LogP contribution < -0.4 is 4.31 Å². The summed E-state index contributed by atoms with van der Waals surface area (Å²) in [6.07, 6.45) is 2.97. The second-order valence-electron chi connectivity index (χ2n) is 2.49. The van der Waals surface area contributed by atoms with Gasteiger partial charge in [-0.25, -0.2) is 14.0 Å². The lowest BCUT2D eigenvalue weighted by Crippen LogP contribution is -2.24. The van der Waals surface area contributed by atoms with Crippen LogP contribution in [0.1, 0.15) is 0 Å². The molecule has 0 fully saturated rings. The van der Waals surface area contributed by atoms with Crippen molar-refractivity contribution >= 4 is 15.7 Å². The van der Waals surface area contributed by atoms with E-state index < -0.39 is 9.92 Å². The fraction of sp³-hybridized carbons (Fsp3) is 0.286. The highest BCUT2D eigenvalue weighted by atomic mass is 32.2. The van der Waals surface area contributed by atoms with Crippen LogP contribution in [-0.4, -0.2) is 22.5 Å². The van der Waals surface area contributed by atoms with E-state index in [4.69, 9.17) is 4.78 Å². The van der Waals surface area contributed by atoms with Crippen molar-refractivity contribution in [2.45, 2.75) is 0 Å². The van der Waals surface area contributed by atoms with E-state index in [1.807, 2.05) is 0 Å². The van der Waals surface area contributed by atoms with Crippen LogP contribution in [0.4, 0.5) is 5.82 Å². The Balaban J connectivity index is 3.02. The van der Waals surface area contributed by atoms with Gasteiger partial charge in [0.1, 0.15) is 15.7 Å². The van der Waals surface area contributed by atoms with Gasteiger partial charge in [0.05, 0.1) is 0 Å². The molecule has 1 heterocycles. The first-order valence-corrected chi connectivity index (χ1v) is 5.33. The molecule has 0 aliphatic carbocycles. The number of rotatable bonds is 2. The molecule has 0 aromatic carbocycles. The summed E-state index contributed by atoms with van der Waals surface area (Å²) in [5.74, 6) is 0.556. The monoisotopic (exact) mass is 185 g/mol. The molecule has 1 rings (SSSR count). The Hall–Kier alpha value is -1.10. The molecule has 1 N–H and O–H groups in total. The average Bonchev–Trinajstić information content (AvgIpc) is 2.03. The molecule has 1 atom stereocenters. The van der Waals surface area contributed by atoms with Crippen molar-refractivity contribution in [3.8, 4) is 0 Å². The topological polar surface area (TPSA) is 57.1 Å². The SMILES string of the molecule is CN(c1ccccn1)S(C)(=N)=O. The Morgan fingerprint density at radius 2 is 2.25 bits per heavy atom. The van der Waals surface area contributed by atoms with Gasteiger partial charge in [-0.3, -0.25) is 4.31 Å². The molecule has 1 aromatic rings. The van der Waals surface area contributed by atoms with Crippen molar-refractivity contribution < 1.29 is 4.21 Å². The van der Waals surface area contributed by atoms with Crippen molar-refractivity contribution in [3.63, 3.8) is 0 Å². The molecular formula is C7H11N3OS. The second kappa shape index (κ2) is 3.10. The third kappa shape index (κ3) is 1.94. The van der Waals surface area contributed by atoms with Gasteiger partial charge in [0.15, 0.2) is 0 Å². The number of hydrogen-bond donors (Lipinski definition) is 1. The van der Waals surface area contributed by atoms with Crippen LogP contribution in [0.3, 0.4) is 0 Å². The molecule has 0 saturated heterocycles. The minimum atomic E-state index is -2.69. The van der Waals surface area contributed by atoms with Crippen molar-refractivity contribution in [2.24, 2.45) is 0 Å². The van der Waals surface area contributed by atoms with Crippen LogP contribution in [0.2, 0.25) is 0 Å². The number of hydrogen-bond acceptors (Lipinski definition) is 3. The fourth-order valence-corrected chi connectivity index (χ4v) is 1.18. The summed E-state index contributed by atoms with van der Waals surface area (Å²) >= 11 is 0. The van der Waals surface area contributed by atoms with Crippen molar-refractivity contribution in [1.29, 1.82) is 4.78 Å². The maximum Gasteiger partial charge on any atom is 0.140 e. The van der Waals surface area contributed by atoms with Crippen LogP contribution in [-0.2, 0) is 9.92 Å². The minimum absolute atomic E-state index is 0.556. The maximum atomic E-state index is 11.2. The summed E-state index contributed by atoms with van der Waals surface area (Å²) in [6.45, 7) is 0. The molecule has 0 aliphatic heterocycles. The average molecular weight is 185 g/mol. The maximum absolute atomic E-state index is 11.2. The van der Waals surface area contributed by atoms with Gasteiger partial charge in [-0.05, 0) is 12.1 Å². The lowest BCUT2D eigenvalue weighted by atomic mass is 10.5. The predicted octanol–water partition coefficient (Wildman–Crippen LogP) is 1.11. The van der Waals surface area contributed by atoms with Crippen LogP contribution in [0.25, 0.3) is 0 Å². The zero-order chi connectivity index (χ0) is 9.19. The molecule has 0 amide bonds. The number of nitrogens with zero attached hydrogens (tertiary/aromatic N) is 2. The molecule has 66 valence electrons. The highest BCUT2D eigenvalue weighted by Crippen LogP contribution is 2.09. The molecule has 0 bridgehead atoms. The van der Waals surface area contributed by atoms with Gasteiger partial charge in [0.2, 0.25) is 0 Å². The summed E-state index contributed by atoms with van der Waals surface area (Å²) < 4.78 is 19.9. The van der Waals surface area contributed by atoms with Crippen LogP contribution in [0.5, 0.6) is 0 Å². The fourth-order valence-electron chi connectivity index (χ4n) is 0.718. The normalized spacial score (nSPS) is 15.2. The van der Waals surface area contributed by atoms with E-state index in [0.29, 0.717) is 5.82 Å². The molecule has 12 heavy (non-hydrogen) atoms. The Morgan fingerprint density at radius 1 is 1.58 bits per heavy atom. The smallest absolute Gasteiger partial charge is 0.140 e. The summed E-state index contributed by atoms with van der Waals surface area (Å²) in [6, 6.07) is 5.29. The molecule has 0 saturated carbocycles. The summed E-state index contributed by atoms with van der Waals surface area (Å²) in [5, 5.41) is 0. The van der Waals surface area contributed by atoms with Crippen molar-refractivity contribution in [1.82, 2.24) is 4.98 Å². The number of aromatic nitrogens is 1. The van der Waals surface area contributed by atoms with Crippen LogP contribution in [0.15, 0.2) is 24.4 Å². The molecule has 0 radical (unpaired) electrons. The first-order valence-electron chi connectivity index (χ1n) is 3.40. The first-order chi connectivity index (χ1) is 5.52. The standard InChI is InChI=1S/C7H11N3OS/c1-10(12(2,8)11)7-5-3-4-6-9-7/h3-6,8H,1-2H3. The largest absolute Gasteiger partial charge is 0.273 e. The zero-order valence-corrected chi connectivity index (χ0v) is 7.84. The van der Waals surface area contributed by atoms with Gasteiger partial charge in [-0.2, -0.15) is 0 Å². The first kappa shape index (κ1) is 8.99. The molecule has 0 spiro atoms. The third-order valence-corrected chi connectivity index (χ3v) is 2.73. The van der Waals surface area contributed by atoms with Gasteiger partial charge < -0.3 is 0 Å². The van der Waals surface area contributed by atoms with E-state index >= 15 is 0 Å². The number of nitrogens with one attached hydrogen (secondary N) is 1. The van der Waals surface area contributed by atoms with Gasteiger partial charge >= 0.3 is 0 Å². The predicted molar refractivity (Wildman–Crippen MR) is 49.4 cm³/mol. The molecule has 0 aliphatic rings. The van der Waals surface area contributed by atoms with Gasteiger partial charge in [-0.15, -0.1) is 0 Å². The van der Waals surface area contributed by atoms with E-state index in [2.05, 4.69) is 4.98 Å². The van der Waals surface area contributed by atoms with E-state index in [1.165, 1.54) is 10.6 Å². The van der Waals surface area contributed by atoms with Gasteiger partial charge in [-0.1, -0.05) is 6.07 Å². The minimum Gasteiger partial charge on any atom is -0.273 e. The van der Waals surface area contributed by atoms with Gasteiger partial charge in [0, 0.05) is 19.5 Å². The highest BCUT2D eigenvalue weighted by Gasteiger charge is 2.07.